The molecule has 2 atom stereocenters. The van der Waals surface area contributed by atoms with Crippen molar-refractivity contribution in [1.29, 1.82) is 0 Å². The second kappa shape index (κ2) is 12.2. The summed E-state index contributed by atoms with van der Waals surface area (Å²) in [5, 5.41) is 10.5. The first kappa shape index (κ1) is 31.2. The highest BCUT2D eigenvalue weighted by atomic mass is 32.2. The van der Waals surface area contributed by atoms with Gasteiger partial charge in [-0.15, -0.1) is 11.3 Å². The molecule has 4 rings (SSSR count). The van der Waals surface area contributed by atoms with Crippen LogP contribution in [-0.2, 0) is 35.4 Å². The molecule has 3 aromatic rings. The minimum absolute atomic E-state index is 0.0512. The number of thiazole rings is 1. The van der Waals surface area contributed by atoms with E-state index in [1.54, 1.807) is 25.3 Å². The number of benzene rings is 2. The number of nitrogens with zero attached hydrogens (tertiary/aromatic N) is 1. The lowest BCUT2D eigenvalue weighted by atomic mass is 10.0. The van der Waals surface area contributed by atoms with Gasteiger partial charge in [0.2, 0.25) is 15.9 Å². The molecule has 4 N–H and O–H groups in total. The summed E-state index contributed by atoms with van der Waals surface area (Å²) in [6, 6.07) is 12.6. The Kier molecular flexibility index (Phi) is 9.31. The standard InChI is InChI=1S/C27H34N4O7S3/c1-26(2,16-38-3)31-23(32)19-8-6-18(7-9-19)20-10-11-21-22(14-20)39-25(30-21)27(40(34)35,15-17-4-5-17)24(33)29-12-13-41(28,36)37/h6-11,14,17H,4-5,12-13,15-16H2,1-3H3,(H,29,33)(H,31,32)(H,34,35)(H2,28,36,37)/p-1. The van der Waals surface area contributed by atoms with Crippen LogP contribution < -0.4 is 15.8 Å². The van der Waals surface area contributed by atoms with Crippen LogP contribution in [0, 0.1) is 5.92 Å². The number of fused-ring (bicyclic) bond motifs is 1. The number of hydrogen-bond donors (Lipinski definition) is 3. The average Bonchev–Trinajstić information content (AvgIpc) is 3.60. The van der Waals surface area contributed by atoms with E-state index in [0.29, 0.717) is 22.4 Å². The smallest absolute Gasteiger partial charge is 0.251 e. The molecular weight excluding hydrogens is 589 g/mol. The van der Waals surface area contributed by atoms with Gasteiger partial charge in [0.05, 0.1) is 28.1 Å². The lowest BCUT2D eigenvalue weighted by molar-refractivity contribution is -0.124. The van der Waals surface area contributed by atoms with Gasteiger partial charge in [0.25, 0.3) is 5.91 Å². The molecule has 1 aliphatic rings. The number of primary sulfonamides is 1. The molecule has 1 fully saturated rings. The van der Waals surface area contributed by atoms with Crippen molar-refractivity contribution >= 4 is 54.5 Å². The Hall–Kier alpha value is -2.75. The minimum Gasteiger partial charge on any atom is -0.771 e. The second-order valence-electron chi connectivity index (χ2n) is 10.9. The summed E-state index contributed by atoms with van der Waals surface area (Å²) in [5.41, 5.74) is 2.17. The number of methoxy groups -OCH3 is 1. The molecule has 0 aliphatic heterocycles. The van der Waals surface area contributed by atoms with Gasteiger partial charge in [-0.2, -0.15) is 0 Å². The van der Waals surface area contributed by atoms with Crippen LogP contribution in [0.2, 0.25) is 0 Å². The van der Waals surface area contributed by atoms with Crippen molar-refractivity contribution in [3.8, 4) is 11.1 Å². The van der Waals surface area contributed by atoms with Gasteiger partial charge in [-0.25, -0.2) is 18.5 Å². The predicted molar refractivity (Wildman–Crippen MR) is 157 cm³/mol. The fourth-order valence-electron chi connectivity index (χ4n) is 4.54. The minimum atomic E-state index is -3.84. The number of nitrogens with two attached hydrogens (primary N) is 1. The zero-order valence-corrected chi connectivity index (χ0v) is 25.4. The van der Waals surface area contributed by atoms with E-state index in [1.807, 2.05) is 38.1 Å². The predicted octanol–water partition coefficient (Wildman–Crippen LogP) is 2.40. The number of hydrogen-bond acceptors (Lipinski definition) is 9. The molecule has 0 spiro atoms. The number of carbonyl (C=O) groups is 2. The molecule has 1 aromatic heterocycles. The Morgan fingerprint density at radius 2 is 1.83 bits per heavy atom. The molecule has 2 amide bonds. The summed E-state index contributed by atoms with van der Waals surface area (Å²) in [5.74, 6) is -1.50. The van der Waals surface area contributed by atoms with Crippen molar-refractivity contribution in [2.24, 2.45) is 11.1 Å². The van der Waals surface area contributed by atoms with E-state index in [1.165, 1.54) is 0 Å². The van der Waals surface area contributed by atoms with Crippen LogP contribution in [0.1, 0.15) is 48.5 Å². The number of nitrogens with one attached hydrogen (secondary N) is 2. The van der Waals surface area contributed by atoms with E-state index in [2.05, 4.69) is 15.6 Å². The molecule has 2 aromatic carbocycles. The first-order chi connectivity index (χ1) is 19.2. The summed E-state index contributed by atoms with van der Waals surface area (Å²) in [4.78, 5) is 30.5. The highest BCUT2D eigenvalue weighted by Crippen LogP contribution is 2.46. The third-order valence-corrected chi connectivity index (χ3v) is 9.96. The van der Waals surface area contributed by atoms with Crippen molar-refractivity contribution in [2.45, 2.75) is 43.4 Å². The van der Waals surface area contributed by atoms with Crippen LogP contribution >= 0.6 is 11.3 Å². The van der Waals surface area contributed by atoms with Crippen LogP contribution in [0.15, 0.2) is 42.5 Å². The van der Waals surface area contributed by atoms with Gasteiger partial charge in [-0.1, -0.05) is 31.0 Å². The van der Waals surface area contributed by atoms with Crippen LogP contribution in [0.5, 0.6) is 0 Å². The molecule has 1 saturated carbocycles. The van der Waals surface area contributed by atoms with Gasteiger partial charge in [-0.05, 0) is 72.7 Å². The van der Waals surface area contributed by atoms with E-state index in [-0.39, 0.29) is 29.8 Å². The summed E-state index contributed by atoms with van der Waals surface area (Å²) in [6.45, 7) is 3.80. The van der Waals surface area contributed by atoms with Crippen molar-refractivity contribution in [2.75, 3.05) is 26.0 Å². The normalized spacial score (nSPS) is 16.2. The number of aromatic nitrogens is 1. The maximum Gasteiger partial charge on any atom is 0.251 e. The molecule has 14 heteroatoms. The highest BCUT2D eigenvalue weighted by molar-refractivity contribution is 7.89. The summed E-state index contributed by atoms with van der Waals surface area (Å²) in [7, 11) is -2.26. The monoisotopic (exact) mass is 621 g/mol. The second-order valence-corrected chi connectivity index (χ2v) is 14.8. The number of amides is 2. The maximum absolute atomic E-state index is 13.3. The first-order valence-corrected chi connectivity index (χ1v) is 16.6. The van der Waals surface area contributed by atoms with Gasteiger partial charge in [0.15, 0.2) is 4.75 Å². The molecule has 222 valence electrons. The number of rotatable bonds is 13. The van der Waals surface area contributed by atoms with Gasteiger partial charge in [0, 0.05) is 19.2 Å². The van der Waals surface area contributed by atoms with Crippen LogP contribution in [-0.4, -0.2) is 65.5 Å². The molecule has 1 heterocycles. The van der Waals surface area contributed by atoms with Crippen molar-refractivity contribution in [1.82, 2.24) is 15.6 Å². The quantitative estimate of drug-likeness (QED) is 0.243. The maximum atomic E-state index is 13.3. The SMILES string of the molecule is COCC(C)(C)NC(=O)c1ccc(-c2ccc3nc(C(CC4CC4)(C(=O)NCCS(N)(=O)=O)S(=O)[O-])sc3c2)cc1. The fraction of sp³-hybridized carbons (Fsp3) is 0.444. The lowest BCUT2D eigenvalue weighted by Gasteiger charge is -2.32. The third kappa shape index (κ3) is 7.56. The van der Waals surface area contributed by atoms with Crippen LogP contribution in [0.25, 0.3) is 21.3 Å². The molecular formula is C27H33N4O7S3-. The Balaban J connectivity index is 1.61. The molecule has 0 bridgehead atoms. The Morgan fingerprint density at radius 3 is 2.41 bits per heavy atom. The summed E-state index contributed by atoms with van der Waals surface area (Å²) >= 11 is -1.76. The zero-order chi connectivity index (χ0) is 30.0. The van der Waals surface area contributed by atoms with E-state index >= 15 is 0 Å². The molecule has 0 saturated heterocycles. The van der Waals surface area contributed by atoms with Crippen molar-refractivity contribution in [3.05, 3.63) is 53.0 Å². The van der Waals surface area contributed by atoms with Crippen LogP contribution in [0.3, 0.4) is 0 Å². The molecule has 11 nitrogen and oxygen atoms in total. The highest BCUT2D eigenvalue weighted by Gasteiger charge is 2.48. The lowest BCUT2D eigenvalue weighted by Crippen LogP contribution is -2.49. The molecule has 41 heavy (non-hydrogen) atoms. The van der Waals surface area contributed by atoms with E-state index in [4.69, 9.17) is 9.88 Å². The summed E-state index contributed by atoms with van der Waals surface area (Å²) < 4.78 is 51.9. The molecule has 1 aliphatic carbocycles. The fourth-order valence-corrected chi connectivity index (χ4v) is 7.13. The van der Waals surface area contributed by atoms with Crippen molar-refractivity contribution < 1.29 is 31.5 Å². The van der Waals surface area contributed by atoms with Gasteiger partial charge < -0.3 is 19.9 Å². The zero-order valence-electron chi connectivity index (χ0n) is 23.0. The number of sulfonamides is 1. The van der Waals surface area contributed by atoms with Gasteiger partial charge >= 0.3 is 0 Å². The van der Waals surface area contributed by atoms with Gasteiger partial charge in [-0.3, -0.25) is 13.8 Å². The summed E-state index contributed by atoms with van der Waals surface area (Å²) in [6.07, 6.45) is 1.66. The Bertz CT molecular complexity index is 1570. The van der Waals surface area contributed by atoms with Crippen LogP contribution in [0.4, 0.5) is 0 Å². The topological polar surface area (TPSA) is 181 Å². The van der Waals surface area contributed by atoms with Gasteiger partial charge in [0.1, 0.15) is 5.01 Å². The Morgan fingerprint density at radius 1 is 1.17 bits per heavy atom. The largest absolute Gasteiger partial charge is 0.771 e. The molecule has 0 radical (unpaired) electrons. The third-order valence-electron chi connectivity index (χ3n) is 6.77. The van der Waals surface area contributed by atoms with E-state index < -0.39 is 43.0 Å². The number of ether oxygens (including phenoxy) is 1. The Labute approximate surface area is 245 Å². The average molecular weight is 622 g/mol. The van der Waals surface area contributed by atoms with E-state index in [0.717, 1.165) is 35.3 Å². The van der Waals surface area contributed by atoms with Crippen molar-refractivity contribution in [3.63, 3.8) is 0 Å². The van der Waals surface area contributed by atoms with E-state index in [9.17, 15) is 26.8 Å². The number of carbonyl (C=O) groups excluding carboxylic acids is 2. The first-order valence-electron chi connectivity index (χ1n) is 13.0. The molecule has 2 unspecified atom stereocenters.